The van der Waals surface area contributed by atoms with Crippen LogP contribution in [0.1, 0.15) is 52.9 Å². The summed E-state index contributed by atoms with van der Waals surface area (Å²) in [5, 5.41) is 9.30. The van der Waals surface area contributed by atoms with Crippen LogP contribution in [0.3, 0.4) is 0 Å². The van der Waals surface area contributed by atoms with Crippen molar-refractivity contribution < 1.29 is 5.11 Å². The maximum absolute atomic E-state index is 9.30. The van der Waals surface area contributed by atoms with Crippen molar-refractivity contribution in [3.05, 3.63) is 0 Å². The van der Waals surface area contributed by atoms with Gasteiger partial charge in [-0.2, -0.15) is 0 Å². The van der Waals surface area contributed by atoms with Crippen molar-refractivity contribution in [1.82, 2.24) is 0 Å². The lowest BCUT2D eigenvalue weighted by Crippen LogP contribution is -2.38. The van der Waals surface area contributed by atoms with Crippen LogP contribution in [0, 0.1) is 22.7 Å². The highest BCUT2D eigenvalue weighted by Crippen LogP contribution is 2.60. The SMILES string of the molecule is CC1(C)CCC[C@@]2(C)CC(CO)C[C@@H]12. The van der Waals surface area contributed by atoms with Crippen molar-refractivity contribution in [2.75, 3.05) is 6.61 Å². The van der Waals surface area contributed by atoms with Crippen molar-refractivity contribution in [3.63, 3.8) is 0 Å². The minimum atomic E-state index is 0.405. The highest BCUT2D eigenvalue weighted by Gasteiger charge is 2.51. The molecule has 2 saturated carbocycles. The molecule has 0 spiro atoms. The van der Waals surface area contributed by atoms with E-state index in [1.165, 1.54) is 32.1 Å². The molecule has 0 saturated heterocycles. The number of fused-ring (bicyclic) bond motifs is 1. The van der Waals surface area contributed by atoms with Crippen molar-refractivity contribution in [1.29, 1.82) is 0 Å². The first kappa shape index (κ1) is 10.5. The standard InChI is InChI=1S/C13H24O/c1-12(2)5-4-6-13(3)8-10(9-14)7-11(12)13/h10-11,14H,4-9H2,1-3H3/t10?,11-,13-/m0/s1. The van der Waals surface area contributed by atoms with E-state index in [1.807, 2.05) is 0 Å². The lowest BCUT2D eigenvalue weighted by Gasteiger charge is -2.47. The predicted molar refractivity (Wildman–Crippen MR) is 59.0 cm³/mol. The van der Waals surface area contributed by atoms with Crippen LogP contribution in [-0.4, -0.2) is 11.7 Å². The van der Waals surface area contributed by atoms with Gasteiger partial charge in [-0.15, -0.1) is 0 Å². The molecule has 2 fully saturated rings. The molecule has 2 aliphatic carbocycles. The molecule has 0 amide bonds. The maximum atomic E-state index is 9.30. The van der Waals surface area contributed by atoms with Crippen molar-refractivity contribution in [3.8, 4) is 0 Å². The molecule has 1 nitrogen and oxygen atoms in total. The summed E-state index contributed by atoms with van der Waals surface area (Å²) >= 11 is 0. The summed E-state index contributed by atoms with van der Waals surface area (Å²) in [7, 11) is 0. The number of aliphatic hydroxyl groups excluding tert-OH is 1. The molecule has 1 heteroatoms. The molecule has 14 heavy (non-hydrogen) atoms. The van der Waals surface area contributed by atoms with Gasteiger partial charge in [-0.05, 0) is 48.3 Å². The lowest BCUT2D eigenvalue weighted by molar-refractivity contribution is 0.0286. The van der Waals surface area contributed by atoms with Crippen molar-refractivity contribution >= 4 is 0 Å². The van der Waals surface area contributed by atoms with Crippen LogP contribution in [0.4, 0.5) is 0 Å². The fraction of sp³-hybridized carbons (Fsp3) is 1.00. The van der Waals surface area contributed by atoms with Gasteiger partial charge in [-0.3, -0.25) is 0 Å². The van der Waals surface area contributed by atoms with E-state index in [0.717, 1.165) is 5.92 Å². The zero-order valence-electron chi connectivity index (χ0n) is 9.84. The smallest absolute Gasteiger partial charge is 0.0459 e. The molecule has 0 radical (unpaired) electrons. The average Bonchev–Trinajstić information content (AvgIpc) is 2.43. The van der Waals surface area contributed by atoms with Crippen LogP contribution >= 0.6 is 0 Å². The molecule has 0 aliphatic heterocycles. The Morgan fingerprint density at radius 2 is 1.93 bits per heavy atom. The molecule has 0 aromatic carbocycles. The third kappa shape index (κ3) is 1.50. The third-order valence-electron chi connectivity index (χ3n) is 4.94. The van der Waals surface area contributed by atoms with E-state index in [2.05, 4.69) is 20.8 Å². The van der Waals surface area contributed by atoms with Crippen molar-refractivity contribution in [2.24, 2.45) is 22.7 Å². The van der Waals surface area contributed by atoms with Crippen LogP contribution < -0.4 is 0 Å². The summed E-state index contributed by atoms with van der Waals surface area (Å²) in [5.41, 5.74) is 1.05. The summed E-state index contributed by atoms with van der Waals surface area (Å²) in [6.45, 7) is 7.71. The highest BCUT2D eigenvalue weighted by atomic mass is 16.3. The Balaban J connectivity index is 2.20. The fourth-order valence-electron chi connectivity index (χ4n) is 4.30. The van der Waals surface area contributed by atoms with Gasteiger partial charge in [0.25, 0.3) is 0 Å². The molecule has 3 atom stereocenters. The maximum Gasteiger partial charge on any atom is 0.0459 e. The molecule has 2 aliphatic rings. The minimum absolute atomic E-state index is 0.405. The fourth-order valence-corrected chi connectivity index (χ4v) is 4.30. The Hall–Kier alpha value is -0.0400. The Bertz CT molecular complexity index is 221. The second kappa shape index (κ2) is 3.23. The quantitative estimate of drug-likeness (QED) is 0.682. The molecule has 0 aromatic rings. The second-order valence-corrected chi connectivity index (χ2v) is 6.54. The summed E-state index contributed by atoms with van der Waals surface area (Å²) in [4.78, 5) is 0. The van der Waals surface area contributed by atoms with Gasteiger partial charge >= 0.3 is 0 Å². The van der Waals surface area contributed by atoms with Gasteiger partial charge in [-0.1, -0.05) is 27.2 Å². The minimum Gasteiger partial charge on any atom is -0.396 e. The second-order valence-electron chi connectivity index (χ2n) is 6.54. The third-order valence-corrected chi connectivity index (χ3v) is 4.94. The molecule has 2 rings (SSSR count). The first-order chi connectivity index (χ1) is 6.48. The molecule has 0 heterocycles. The largest absolute Gasteiger partial charge is 0.396 e. The van der Waals surface area contributed by atoms with Gasteiger partial charge < -0.3 is 5.11 Å². The van der Waals surface area contributed by atoms with E-state index in [9.17, 15) is 5.11 Å². The van der Waals surface area contributed by atoms with Gasteiger partial charge in [0.2, 0.25) is 0 Å². The molecule has 82 valence electrons. The Kier molecular flexibility index (Phi) is 2.42. The first-order valence-electron chi connectivity index (χ1n) is 6.09. The van der Waals surface area contributed by atoms with Crippen LogP contribution in [0.2, 0.25) is 0 Å². The zero-order chi connectivity index (χ0) is 10.4. The molecule has 1 unspecified atom stereocenters. The predicted octanol–water partition coefficient (Wildman–Crippen LogP) is 3.22. The molecular formula is C13H24O. The van der Waals surface area contributed by atoms with Gasteiger partial charge in [0.05, 0.1) is 0 Å². The van der Waals surface area contributed by atoms with E-state index >= 15 is 0 Å². The zero-order valence-corrected chi connectivity index (χ0v) is 9.84. The highest BCUT2D eigenvalue weighted by molar-refractivity contribution is 5.01. The first-order valence-corrected chi connectivity index (χ1v) is 6.09. The van der Waals surface area contributed by atoms with Gasteiger partial charge in [0.15, 0.2) is 0 Å². The molecule has 0 aromatic heterocycles. The van der Waals surface area contributed by atoms with E-state index in [4.69, 9.17) is 0 Å². The molecule has 1 N–H and O–H groups in total. The Morgan fingerprint density at radius 1 is 1.21 bits per heavy atom. The Labute approximate surface area is 87.9 Å². The van der Waals surface area contributed by atoms with Gasteiger partial charge in [0.1, 0.15) is 0 Å². The van der Waals surface area contributed by atoms with Crippen LogP contribution in [0.25, 0.3) is 0 Å². The number of hydrogen-bond donors (Lipinski definition) is 1. The molecular weight excluding hydrogens is 172 g/mol. The van der Waals surface area contributed by atoms with Gasteiger partial charge in [-0.25, -0.2) is 0 Å². The topological polar surface area (TPSA) is 20.2 Å². The number of rotatable bonds is 1. The average molecular weight is 196 g/mol. The summed E-state index contributed by atoms with van der Waals surface area (Å²) < 4.78 is 0. The Morgan fingerprint density at radius 3 is 2.50 bits per heavy atom. The summed E-state index contributed by atoms with van der Waals surface area (Å²) in [6, 6.07) is 0. The van der Waals surface area contributed by atoms with E-state index in [0.29, 0.717) is 23.4 Å². The van der Waals surface area contributed by atoms with E-state index < -0.39 is 0 Å². The van der Waals surface area contributed by atoms with E-state index in [1.54, 1.807) is 0 Å². The summed E-state index contributed by atoms with van der Waals surface area (Å²) in [6.07, 6.45) is 6.68. The van der Waals surface area contributed by atoms with Crippen LogP contribution in [-0.2, 0) is 0 Å². The van der Waals surface area contributed by atoms with E-state index in [-0.39, 0.29) is 0 Å². The summed E-state index contributed by atoms with van der Waals surface area (Å²) in [5.74, 6) is 1.43. The van der Waals surface area contributed by atoms with Crippen molar-refractivity contribution in [2.45, 2.75) is 52.9 Å². The van der Waals surface area contributed by atoms with Crippen LogP contribution in [0.5, 0.6) is 0 Å². The van der Waals surface area contributed by atoms with Crippen LogP contribution in [0.15, 0.2) is 0 Å². The van der Waals surface area contributed by atoms with Gasteiger partial charge in [0, 0.05) is 6.61 Å². The number of aliphatic hydroxyl groups is 1. The molecule has 0 bridgehead atoms. The monoisotopic (exact) mass is 196 g/mol. The number of hydrogen-bond acceptors (Lipinski definition) is 1. The normalized spacial score (nSPS) is 46.3. The lowest BCUT2D eigenvalue weighted by atomic mass is 9.58.